The Morgan fingerprint density at radius 1 is 1.31 bits per heavy atom. The predicted molar refractivity (Wildman–Crippen MR) is 51.2 cm³/mol. The summed E-state index contributed by atoms with van der Waals surface area (Å²) >= 11 is 0. The van der Waals surface area contributed by atoms with Gasteiger partial charge in [0, 0.05) is 17.9 Å². The number of nitrogens with zero attached hydrogens (tertiary/aromatic N) is 3. The number of rotatable bonds is 8. The van der Waals surface area contributed by atoms with Crippen LogP contribution in [0.3, 0.4) is 0 Å². The molecule has 0 saturated heterocycles. The van der Waals surface area contributed by atoms with E-state index in [1.165, 1.54) is 0 Å². The van der Waals surface area contributed by atoms with Crippen LogP contribution >= 0.6 is 0 Å². The molecule has 0 fully saturated rings. The van der Waals surface area contributed by atoms with E-state index in [0.29, 0.717) is 13.0 Å². The zero-order chi connectivity index (χ0) is 9.94. The van der Waals surface area contributed by atoms with Crippen LogP contribution in [0.5, 0.6) is 0 Å². The normalized spacial score (nSPS) is 9.31. The van der Waals surface area contributed by atoms with E-state index in [2.05, 4.69) is 10.0 Å². The van der Waals surface area contributed by atoms with Gasteiger partial charge in [0.1, 0.15) is 5.78 Å². The van der Waals surface area contributed by atoms with Gasteiger partial charge in [-0.05, 0) is 18.4 Å². The number of ketones is 1. The Morgan fingerprint density at radius 3 is 2.62 bits per heavy atom. The van der Waals surface area contributed by atoms with Gasteiger partial charge in [-0.2, -0.15) is 0 Å². The van der Waals surface area contributed by atoms with Crippen molar-refractivity contribution in [3.05, 3.63) is 10.4 Å². The van der Waals surface area contributed by atoms with Crippen LogP contribution < -0.4 is 5.73 Å². The second-order valence-electron chi connectivity index (χ2n) is 2.86. The van der Waals surface area contributed by atoms with E-state index in [0.717, 1.165) is 25.7 Å². The van der Waals surface area contributed by atoms with Gasteiger partial charge in [-0.25, -0.2) is 0 Å². The molecule has 5 heteroatoms. The summed E-state index contributed by atoms with van der Waals surface area (Å²) in [6.45, 7) is 0.708. The highest BCUT2D eigenvalue weighted by Crippen LogP contribution is 2.03. The number of unbranched alkanes of at least 4 members (excludes halogenated alkanes) is 3. The maximum absolute atomic E-state index is 10.8. The molecule has 0 rings (SSSR count). The van der Waals surface area contributed by atoms with Gasteiger partial charge < -0.3 is 5.73 Å². The third-order valence-corrected chi connectivity index (χ3v) is 1.75. The fraction of sp³-hybridized carbons (Fsp3) is 0.875. The molecule has 0 aliphatic heterocycles. The van der Waals surface area contributed by atoms with E-state index in [9.17, 15) is 4.79 Å². The Hall–Kier alpha value is -1.06. The second kappa shape index (κ2) is 9.03. The summed E-state index contributed by atoms with van der Waals surface area (Å²) in [6, 6.07) is 0. The molecular weight excluding hydrogens is 168 g/mol. The van der Waals surface area contributed by atoms with Crippen LogP contribution in [0.2, 0.25) is 0 Å². The lowest BCUT2D eigenvalue weighted by Crippen LogP contribution is -2.12. The number of hydrogen-bond acceptors (Lipinski definition) is 3. The fourth-order valence-corrected chi connectivity index (χ4v) is 1.01. The van der Waals surface area contributed by atoms with Crippen LogP contribution in [0.1, 0.15) is 32.1 Å². The summed E-state index contributed by atoms with van der Waals surface area (Å²) in [4.78, 5) is 13.4. The molecule has 5 nitrogen and oxygen atoms in total. The molecule has 0 aliphatic carbocycles. The van der Waals surface area contributed by atoms with E-state index in [1.54, 1.807) is 0 Å². The highest BCUT2D eigenvalue weighted by Gasteiger charge is 1.97. The van der Waals surface area contributed by atoms with Crippen molar-refractivity contribution in [3.63, 3.8) is 0 Å². The van der Waals surface area contributed by atoms with E-state index in [1.807, 2.05) is 0 Å². The van der Waals surface area contributed by atoms with Gasteiger partial charge >= 0.3 is 0 Å². The van der Waals surface area contributed by atoms with Crippen molar-refractivity contribution >= 4 is 5.78 Å². The molecular formula is C8H16N4O. The molecule has 0 radical (unpaired) electrons. The molecule has 0 amide bonds. The van der Waals surface area contributed by atoms with E-state index in [4.69, 9.17) is 11.3 Å². The largest absolute Gasteiger partial charge is 0.324 e. The molecule has 0 aromatic heterocycles. The topological polar surface area (TPSA) is 91.9 Å². The molecule has 2 N–H and O–H groups in total. The maximum Gasteiger partial charge on any atom is 0.146 e. The molecule has 0 saturated carbocycles. The van der Waals surface area contributed by atoms with Crippen molar-refractivity contribution in [1.82, 2.24) is 0 Å². The molecule has 0 atom stereocenters. The lowest BCUT2D eigenvalue weighted by atomic mass is 10.1. The van der Waals surface area contributed by atoms with Gasteiger partial charge in [0.2, 0.25) is 0 Å². The average Bonchev–Trinajstić information content (AvgIpc) is 2.16. The molecule has 0 heterocycles. The SMILES string of the molecule is [N-]=[N+]=NCCCCCCC(=O)CN. The average molecular weight is 184 g/mol. The van der Waals surface area contributed by atoms with Crippen LogP contribution in [0, 0.1) is 0 Å². The van der Waals surface area contributed by atoms with Crippen LogP contribution in [0.15, 0.2) is 5.11 Å². The third-order valence-electron chi connectivity index (χ3n) is 1.75. The minimum absolute atomic E-state index is 0.120. The highest BCUT2D eigenvalue weighted by molar-refractivity contribution is 5.80. The van der Waals surface area contributed by atoms with E-state index in [-0.39, 0.29) is 12.3 Å². The highest BCUT2D eigenvalue weighted by atomic mass is 16.1. The smallest absolute Gasteiger partial charge is 0.146 e. The van der Waals surface area contributed by atoms with Crippen LogP contribution in [-0.2, 0) is 4.79 Å². The number of azide groups is 1. The first-order valence-corrected chi connectivity index (χ1v) is 4.54. The summed E-state index contributed by atoms with van der Waals surface area (Å²) in [7, 11) is 0. The number of carbonyl (C=O) groups is 1. The molecule has 74 valence electrons. The predicted octanol–water partition coefficient (Wildman–Crippen LogP) is 1.77. The number of nitrogens with two attached hydrogens (primary N) is 1. The minimum atomic E-state index is 0.120. The van der Waals surface area contributed by atoms with Gasteiger partial charge in [0.25, 0.3) is 0 Å². The monoisotopic (exact) mass is 184 g/mol. The standard InChI is InChI=1S/C8H16N4O/c9-7-8(13)5-3-1-2-4-6-11-12-10/h1-7,9H2. The maximum atomic E-state index is 10.8. The van der Waals surface area contributed by atoms with Crippen molar-refractivity contribution < 1.29 is 4.79 Å². The second-order valence-corrected chi connectivity index (χ2v) is 2.86. The van der Waals surface area contributed by atoms with E-state index < -0.39 is 0 Å². The van der Waals surface area contributed by atoms with Gasteiger partial charge in [-0.3, -0.25) is 4.79 Å². The molecule has 0 aromatic rings. The first kappa shape index (κ1) is 11.9. The van der Waals surface area contributed by atoms with Crippen molar-refractivity contribution in [2.75, 3.05) is 13.1 Å². The van der Waals surface area contributed by atoms with Gasteiger partial charge in [0.15, 0.2) is 0 Å². The zero-order valence-electron chi connectivity index (χ0n) is 7.78. The lowest BCUT2D eigenvalue weighted by molar-refractivity contribution is -0.117. The van der Waals surface area contributed by atoms with Gasteiger partial charge in [-0.1, -0.05) is 18.0 Å². The van der Waals surface area contributed by atoms with Gasteiger partial charge in [0.05, 0.1) is 6.54 Å². The molecule has 0 unspecified atom stereocenters. The Morgan fingerprint density at radius 2 is 2.00 bits per heavy atom. The van der Waals surface area contributed by atoms with E-state index >= 15 is 0 Å². The summed E-state index contributed by atoms with van der Waals surface area (Å²) < 4.78 is 0. The molecule has 0 aromatic carbocycles. The zero-order valence-corrected chi connectivity index (χ0v) is 7.78. The van der Waals surface area contributed by atoms with Crippen LogP contribution in [-0.4, -0.2) is 18.9 Å². The first-order valence-electron chi connectivity index (χ1n) is 4.54. The Kier molecular flexibility index (Phi) is 8.30. The van der Waals surface area contributed by atoms with Crippen LogP contribution in [0.4, 0.5) is 0 Å². The van der Waals surface area contributed by atoms with Crippen molar-refractivity contribution in [2.24, 2.45) is 10.8 Å². The summed E-state index contributed by atoms with van der Waals surface area (Å²) in [5.41, 5.74) is 13.1. The van der Waals surface area contributed by atoms with Crippen molar-refractivity contribution in [1.29, 1.82) is 0 Å². The molecule has 0 aliphatic rings. The fourth-order valence-electron chi connectivity index (χ4n) is 1.01. The molecule has 0 spiro atoms. The first-order chi connectivity index (χ1) is 6.31. The molecule has 0 bridgehead atoms. The minimum Gasteiger partial charge on any atom is -0.324 e. The Bertz CT molecular complexity index is 187. The third kappa shape index (κ3) is 8.85. The summed E-state index contributed by atoms with van der Waals surface area (Å²) in [5, 5.41) is 3.41. The number of Topliss-reactive ketones (excluding diaryl/α,β-unsaturated/α-hetero) is 1. The Balaban J connectivity index is 3.08. The quantitative estimate of drug-likeness (QED) is 0.269. The van der Waals surface area contributed by atoms with Crippen molar-refractivity contribution in [2.45, 2.75) is 32.1 Å². The number of carbonyl (C=O) groups excluding carboxylic acids is 1. The van der Waals surface area contributed by atoms with Gasteiger partial charge in [-0.15, -0.1) is 0 Å². The lowest BCUT2D eigenvalue weighted by Gasteiger charge is -1.97. The Labute approximate surface area is 77.9 Å². The summed E-state index contributed by atoms with van der Waals surface area (Å²) in [5.74, 6) is 0.120. The van der Waals surface area contributed by atoms with Crippen molar-refractivity contribution in [3.8, 4) is 0 Å². The number of hydrogen-bond donors (Lipinski definition) is 1. The molecule has 13 heavy (non-hydrogen) atoms. The van der Waals surface area contributed by atoms with Crippen LogP contribution in [0.25, 0.3) is 10.4 Å². The summed E-state index contributed by atoms with van der Waals surface area (Å²) in [6.07, 6.45) is 4.40.